The average molecular weight is 815 g/mol. The van der Waals surface area contributed by atoms with Crippen molar-refractivity contribution in [3.8, 4) is 5.88 Å². The summed E-state index contributed by atoms with van der Waals surface area (Å²) in [6.07, 6.45) is -11.0. The molecular formula is C21H26N10O17P3S-3. The van der Waals surface area contributed by atoms with E-state index in [0.717, 1.165) is 15.5 Å². The van der Waals surface area contributed by atoms with Gasteiger partial charge < -0.3 is 70.2 Å². The van der Waals surface area contributed by atoms with Gasteiger partial charge in [0, 0.05) is 5.88 Å². The van der Waals surface area contributed by atoms with E-state index in [2.05, 4.69) is 49.9 Å². The number of nitrogens with one attached hydrogen (secondary N) is 1. The van der Waals surface area contributed by atoms with E-state index in [1.807, 2.05) is 0 Å². The quantitative estimate of drug-likeness (QED) is 0.0516. The minimum absolute atomic E-state index is 0.0344. The molecule has 6 rings (SSSR count). The Bertz CT molecular complexity index is 2220. The monoisotopic (exact) mass is 815 g/mol. The van der Waals surface area contributed by atoms with E-state index in [-0.39, 0.29) is 28.3 Å². The molecule has 0 bridgehead atoms. The summed E-state index contributed by atoms with van der Waals surface area (Å²) in [5, 5.41) is 54.3. The number of ether oxygens (including phenoxy) is 2. The van der Waals surface area contributed by atoms with Crippen LogP contribution in [0.4, 0.5) is 11.9 Å². The van der Waals surface area contributed by atoms with Gasteiger partial charge in [0.25, 0.3) is 27.2 Å². The lowest BCUT2D eigenvalue weighted by atomic mass is 10.1. The number of aromatic amines is 1. The second-order valence-corrected chi connectivity index (χ2v) is 17.0. The van der Waals surface area contributed by atoms with Crippen molar-refractivity contribution in [1.29, 1.82) is 0 Å². The number of nitrogen functional groups attached to an aromatic ring is 2. The third-order valence-electron chi connectivity index (χ3n) is 7.61. The van der Waals surface area contributed by atoms with Crippen molar-refractivity contribution in [3.63, 3.8) is 0 Å². The molecule has 31 heteroatoms. The van der Waals surface area contributed by atoms with E-state index >= 15 is 0 Å². The lowest BCUT2D eigenvalue weighted by Crippen LogP contribution is -2.46. The van der Waals surface area contributed by atoms with E-state index in [1.165, 1.54) is 17.9 Å². The summed E-state index contributed by atoms with van der Waals surface area (Å²) in [4.78, 5) is 66.8. The molecule has 0 radical (unpaired) electrons. The van der Waals surface area contributed by atoms with Crippen LogP contribution in [0, 0.1) is 0 Å². The maximum atomic E-state index is 12.7. The molecule has 0 aromatic carbocycles. The normalized spacial score (nSPS) is 30.1. The highest BCUT2D eigenvalue weighted by Gasteiger charge is 2.48. The second-order valence-electron chi connectivity index (χ2n) is 11.2. The molecule has 3 unspecified atom stereocenters. The first-order valence-electron chi connectivity index (χ1n) is 14.3. The molecule has 0 amide bonds. The zero-order valence-corrected chi connectivity index (χ0v) is 29.3. The van der Waals surface area contributed by atoms with Gasteiger partial charge >= 0.3 is 5.65 Å². The van der Waals surface area contributed by atoms with Crippen LogP contribution in [0.25, 0.3) is 22.3 Å². The first kappa shape index (κ1) is 38.6. The van der Waals surface area contributed by atoms with Crippen LogP contribution in [0.1, 0.15) is 12.5 Å². The maximum Gasteiger partial charge on any atom is 0.309 e. The molecule has 6 heterocycles. The number of aromatic nitrogens is 8. The number of H-pyrrole nitrogens is 1. The van der Waals surface area contributed by atoms with Crippen molar-refractivity contribution in [2.45, 2.75) is 49.1 Å². The van der Waals surface area contributed by atoms with E-state index in [9.17, 15) is 54.1 Å². The zero-order valence-electron chi connectivity index (χ0n) is 25.8. The molecular weight excluding hydrogens is 789 g/mol. The van der Waals surface area contributed by atoms with Crippen molar-refractivity contribution < 1.29 is 81.1 Å². The predicted octanol–water partition coefficient (Wildman–Crippen LogP) is -6.55. The fraction of sp³-hybridized carbons (Fsp3) is 0.524. The van der Waals surface area contributed by atoms with Crippen LogP contribution in [-0.4, -0.2) is 104 Å². The fourth-order valence-corrected chi connectivity index (χ4v) is 9.67. The summed E-state index contributed by atoms with van der Waals surface area (Å²) in [6.45, 7) is -7.34. The Labute approximate surface area is 293 Å². The van der Waals surface area contributed by atoms with Gasteiger partial charge in [-0.2, -0.15) is 4.98 Å². The molecule has 0 saturated carbocycles. The van der Waals surface area contributed by atoms with E-state index in [4.69, 9.17) is 25.5 Å². The predicted molar refractivity (Wildman–Crippen MR) is 161 cm³/mol. The molecule has 2 fully saturated rings. The summed E-state index contributed by atoms with van der Waals surface area (Å²) < 4.78 is 56.5. The molecule has 4 aromatic heterocycles. The molecule has 2 saturated heterocycles. The third-order valence-corrected chi connectivity index (χ3v) is 12.7. The van der Waals surface area contributed by atoms with Crippen molar-refractivity contribution in [2.75, 3.05) is 24.7 Å². The molecule has 27 nitrogen and oxygen atoms in total. The Morgan fingerprint density at radius 3 is 2.35 bits per heavy atom. The number of hydrogen-bond donors (Lipinski definition) is 7. The van der Waals surface area contributed by atoms with Gasteiger partial charge in [-0.05, 0) is 0 Å². The topological polar surface area (TPSA) is 413 Å². The van der Waals surface area contributed by atoms with Gasteiger partial charge in [0.15, 0.2) is 29.2 Å². The van der Waals surface area contributed by atoms with Gasteiger partial charge in [0.2, 0.25) is 12.2 Å². The van der Waals surface area contributed by atoms with Crippen LogP contribution >= 0.6 is 22.4 Å². The molecule has 52 heavy (non-hydrogen) atoms. The molecule has 286 valence electrons. The van der Waals surface area contributed by atoms with Crippen molar-refractivity contribution >= 4 is 68.4 Å². The number of rotatable bonds is 12. The van der Waals surface area contributed by atoms with Crippen molar-refractivity contribution in [2.24, 2.45) is 7.05 Å². The van der Waals surface area contributed by atoms with Crippen LogP contribution in [0.2, 0.25) is 0 Å². The van der Waals surface area contributed by atoms with Gasteiger partial charge in [0.05, 0.1) is 26.6 Å². The van der Waals surface area contributed by atoms with Crippen LogP contribution in [0.3, 0.4) is 0 Å². The fourth-order valence-electron chi connectivity index (χ4n) is 5.37. The minimum Gasteiger partial charge on any atom is -0.856 e. The SMILES string of the molecule is Cn1c[n+]([C@@H]2O[C@H](COP([O-])(=S)OP(=O)([O-])OP(=O)([O-])OC[C@H]3O[C@@H](n4cnc5c(=O)[nH]c(N)nc54)[C@H](O)[C@@H]3O)[C@@H](O)[C@H]2O)c2nc(N)nc([O-])c21. The number of phosphoric acid groups is 2. The summed E-state index contributed by atoms with van der Waals surface area (Å²) in [7, 11) is -10.7. The van der Waals surface area contributed by atoms with Crippen LogP contribution in [-0.2, 0) is 55.1 Å². The zero-order chi connectivity index (χ0) is 38.1. The van der Waals surface area contributed by atoms with Crippen molar-refractivity contribution in [3.05, 3.63) is 23.0 Å². The van der Waals surface area contributed by atoms with Gasteiger partial charge in [0.1, 0.15) is 43.3 Å². The Morgan fingerprint density at radius 2 is 1.63 bits per heavy atom. The summed E-state index contributed by atoms with van der Waals surface area (Å²) >= 11 is 4.51. The van der Waals surface area contributed by atoms with Gasteiger partial charge in [-0.25, -0.2) is 18.8 Å². The number of aliphatic hydroxyl groups is 4. The summed E-state index contributed by atoms with van der Waals surface area (Å²) in [6, 6.07) is 0. The van der Waals surface area contributed by atoms with Crippen LogP contribution in [0.5, 0.6) is 5.88 Å². The lowest BCUT2D eigenvalue weighted by molar-refractivity contribution is -0.745. The number of imidazole rings is 2. The average Bonchev–Trinajstić information content (AvgIpc) is 3.74. The Kier molecular flexibility index (Phi) is 10.4. The highest BCUT2D eigenvalue weighted by Crippen LogP contribution is 2.63. The third kappa shape index (κ3) is 7.61. The number of phosphoric ester groups is 1. The lowest BCUT2D eigenvalue weighted by Gasteiger charge is -2.37. The second kappa shape index (κ2) is 13.9. The minimum atomic E-state index is -6.17. The maximum absolute atomic E-state index is 12.7. The molecule has 4 aromatic rings. The number of fused-ring (bicyclic) bond motifs is 2. The molecule has 0 aliphatic carbocycles. The number of hydrogen-bond acceptors (Lipinski definition) is 24. The smallest absolute Gasteiger partial charge is 0.309 e. The van der Waals surface area contributed by atoms with Gasteiger partial charge in [-0.3, -0.25) is 32.4 Å². The molecule has 11 atom stereocenters. The van der Waals surface area contributed by atoms with Crippen LogP contribution < -0.4 is 41.4 Å². The van der Waals surface area contributed by atoms with Gasteiger partial charge in [-0.1, -0.05) is 16.8 Å². The van der Waals surface area contributed by atoms with E-state index < -0.39 is 102 Å². The van der Waals surface area contributed by atoms with Crippen molar-refractivity contribution in [1.82, 2.24) is 34.1 Å². The van der Waals surface area contributed by atoms with Crippen LogP contribution in [0.15, 0.2) is 17.4 Å². The number of nitrogens with two attached hydrogens (primary N) is 2. The van der Waals surface area contributed by atoms with Gasteiger partial charge in [-0.15, -0.1) is 0 Å². The Balaban J connectivity index is 1.04. The first-order valence-corrected chi connectivity index (χ1v) is 19.8. The first-order chi connectivity index (χ1) is 24.2. The molecule has 0 spiro atoms. The van der Waals surface area contributed by atoms with E-state index in [0.29, 0.717) is 0 Å². The number of nitrogens with zero attached hydrogens (tertiary/aromatic N) is 7. The molecule has 2 aliphatic heterocycles. The van der Waals surface area contributed by atoms with E-state index in [1.54, 1.807) is 0 Å². The number of anilines is 2. The molecule has 2 aliphatic rings. The standard InChI is InChI=1S/C21H29N10O17P3S/c1-29-5-31(15-9(29)17(37)28-21(23)26-15)19-13(35)11(33)7(46-19)3-44-51(42,52)48-50(40,41)47-49(38,39)43-2-6-10(32)12(34)18(45-6)30-4-24-8-14(30)25-20(22)27-16(8)36/h4-7,10-13,18-19,32-35H,2-3H2,1H3,(H8-,22,23,25,26,27,28,36,37,38,39,40,41,42,52)/p-3/t6-,7-,10-,11-,12-,13-,18-,19-,51?/m1/s1. The summed E-state index contributed by atoms with van der Waals surface area (Å²) in [5.41, 5.74) is 9.88. The highest BCUT2D eigenvalue weighted by atomic mass is 32.5. The summed E-state index contributed by atoms with van der Waals surface area (Å²) in [5.74, 6) is -1.46. The number of aryl methyl sites for hydroxylation is 1. The highest BCUT2D eigenvalue weighted by molar-refractivity contribution is 8.07. The largest absolute Gasteiger partial charge is 0.856 e. The Morgan fingerprint density at radius 1 is 0.981 bits per heavy atom. The number of aliphatic hydroxyl groups excluding tert-OH is 4. The molecule has 9 N–H and O–H groups in total. The Hall–Kier alpha value is -3.11.